The first-order valence-electron chi connectivity index (χ1n) is 6.27. The lowest BCUT2D eigenvalue weighted by Gasteiger charge is -2.12. The first kappa shape index (κ1) is 14.1. The predicted octanol–water partition coefficient (Wildman–Crippen LogP) is 4.88. The minimum Gasteiger partial charge on any atom is -0.457 e. The Kier molecular flexibility index (Phi) is 4.27. The van der Waals surface area contributed by atoms with Gasteiger partial charge in [0.25, 0.3) is 0 Å². The van der Waals surface area contributed by atoms with Crippen LogP contribution in [0.3, 0.4) is 0 Å². The molecule has 0 radical (unpaired) electrons. The number of hydrogen-bond donors (Lipinski definition) is 1. The highest BCUT2D eigenvalue weighted by molar-refractivity contribution is 9.10. The molecule has 0 unspecified atom stereocenters. The Bertz CT molecular complexity index is 573. The van der Waals surface area contributed by atoms with Gasteiger partial charge in [0.15, 0.2) is 0 Å². The Morgan fingerprint density at radius 1 is 1.00 bits per heavy atom. The zero-order valence-electron chi connectivity index (χ0n) is 11.4. The molecule has 0 bridgehead atoms. The van der Waals surface area contributed by atoms with Crippen LogP contribution in [-0.4, -0.2) is 0 Å². The lowest BCUT2D eigenvalue weighted by molar-refractivity contribution is 0.481. The van der Waals surface area contributed by atoms with Gasteiger partial charge in [0.05, 0.1) is 0 Å². The molecule has 0 aliphatic heterocycles. The second-order valence-electron chi connectivity index (χ2n) is 4.90. The Balaban J connectivity index is 2.26. The number of halogens is 1. The molecule has 19 heavy (non-hydrogen) atoms. The average Bonchev–Trinajstić information content (AvgIpc) is 2.26. The van der Waals surface area contributed by atoms with E-state index in [-0.39, 0.29) is 6.04 Å². The largest absolute Gasteiger partial charge is 0.457 e. The van der Waals surface area contributed by atoms with Crippen molar-refractivity contribution in [1.29, 1.82) is 0 Å². The van der Waals surface area contributed by atoms with E-state index in [0.29, 0.717) is 0 Å². The monoisotopic (exact) mass is 319 g/mol. The molecule has 2 aromatic rings. The predicted molar refractivity (Wildman–Crippen MR) is 82.7 cm³/mol. The topological polar surface area (TPSA) is 35.2 Å². The molecule has 0 fully saturated rings. The maximum absolute atomic E-state index is 5.89. The molecular formula is C16H18BrNO. The molecule has 0 spiro atoms. The van der Waals surface area contributed by atoms with Crippen molar-refractivity contribution < 1.29 is 4.74 Å². The van der Waals surface area contributed by atoms with Crippen molar-refractivity contribution in [3.63, 3.8) is 0 Å². The molecule has 0 amide bonds. The summed E-state index contributed by atoms with van der Waals surface area (Å²) in [6.07, 6.45) is 0. The third-order valence-electron chi connectivity index (χ3n) is 2.89. The summed E-state index contributed by atoms with van der Waals surface area (Å²) in [6.45, 7) is 6.09. The van der Waals surface area contributed by atoms with Gasteiger partial charge >= 0.3 is 0 Å². The van der Waals surface area contributed by atoms with Crippen molar-refractivity contribution in [2.75, 3.05) is 0 Å². The zero-order valence-corrected chi connectivity index (χ0v) is 13.0. The van der Waals surface area contributed by atoms with Gasteiger partial charge in [-0.05, 0) is 61.7 Å². The number of hydrogen-bond acceptors (Lipinski definition) is 2. The molecule has 2 nitrogen and oxygen atoms in total. The third-order valence-corrected chi connectivity index (χ3v) is 3.58. The minimum atomic E-state index is 0.00430. The van der Waals surface area contributed by atoms with Crippen molar-refractivity contribution in [3.05, 3.63) is 57.6 Å². The quantitative estimate of drug-likeness (QED) is 0.875. The third kappa shape index (κ3) is 3.58. The molecule has 0 aromatic heterocycles. The molecule has 2 aromatic carbocycles. The van der Waals surface area contributed by atoms with E-state index in [1.54, 1.807) is 0 Å². The average molecular weight is 320 g/mol. The SMILES string of the molecule is Cc1cc(C)cc(Oc2ccc([C@@H](C)N)c(Br)c2)c1. The number of rotatable bonds is 3. The Morgan fingerprint density at radius 2 is 1.63 bits per heavy atom. The van der Waals surface area contributed by atoms with Crippen LogP contribution in [-0.2, 0) is 0 Å². The second-order valence-corrected chi connectivity index (χ2v) is 5.75. The summed E-state index contributed by atoms with van der Waals surface area (Å²) in [5.41, 5.74) is 9.35. The van der Waals surface area contributed by atoms with E-state index in [2.05, 4.69) is 35.8 Å². The van der Waals surface area contributed by atoms with Crippen LogP contribution in [0, 0.1) is 13.8 Å². The van der Waals surface area contributed by atoms with E-state index in [4.69, 9.17) is 10.5 Å². The van der Waals surface area contributed by atoms with Gasteiger partial charge in [0, 0.05) is 10.5 Å². The van der Waals surface area contributed by atoms with Gasteiger partial charge in [-0.15, -0.1) is 0 Å². The maximum Gasteiger partial charge on any atom is 0.128 e. The summed E-state index contributed by atoms with van der Waals surface area (Å²) in [4.78, 5) is 0. The van der Waals surface area contributed by atoms with Crippen LogP contribution in [0.4, 0.5) is 0 Å². The second kappa shape index (κ2) is 5.76. The lowest BCUT2D eigenvalue weighted by Crippen LogP contribution is -2.05. The maximum atomic E-state index is 5.89. The molecule has 0 saturated heterocycles. The van der Waals surface area contributed by atoms with Gasteiger partial charge in [-0.25, -0.2) is 0 Å². The van der Waals surface area contributed by atoms with Crippen LogP contribution in [0.2, 0.25) is 0 Å². The first-order chi connectivity index (χ1) is 8.95. The van der Waals surface area contributed by atoms with Crippen molar-refractivity contribution in [3.8, 4) is 11.5 Å². The summed E-state index contributed by atoms with van der Waals surface area (Å²) in [5.74, 6) is 1.67. The van der Waals surface area contributed by atoms with Crippen LogP contribution in [0.25, 0.3) is 0 Å². The number of ether oxygens (including phenoxy) is 1. The van der Waals surface area contributed by atoms with Crippen LogP contribution in [0.15, 0.2) is 40.9 Å². The van der Waals surface area contributed by atoms with Crippen molar-refractivity contribution >= 4 is 15.9 Å². The zero-order chi connectivity index (χ0) is 14.0. The molecule has 0 aliphatic rings. The lowest BCUT2D eigenvalue weighted by atomic mass is 10.1. The number of benzene rings is 2. The van der Waals surface area contributed by atoms with Crippen LogP contribution >= 0.6 is 15.9 Å². The fraction of sp³-hybridized carbons (Fsp3) is 0.250. The molecule has 0 heterocycles. The van der Waals surface area contributed by atoms with E-state index >= 15 is 0 Å². The van der Waals surface area contributed by atoms with Crippen LogP contribution < -0.4 is 10.5 Å². The van der Waals surface area contributed by atoms with Gasteiger partial charge in [0.1, 0.15) is 11.5 Å². The fourth-order valence-corrected chi connectivity index (χ4v) is 2.79. The van der Waals surface area contributed by atoms with E-state index in [9.17, 15) is 0 Å². The standard InChI is InChI=1S/C16H18BrNO/c1-10-6-11(2)8-14(7-10)19-13-4-5-15(12(3)18)16(17)9-13/h4-9,12H,18H2,1-3H3/t12-/m1/s1. The summed E-state index contributed by atoms with van der Waals surface area (Å²) in [7, 11) is 0. The van der Waals surface area contributed by atoms with Crippen molar-refractivity contribution in [2.45, 2.75) is 26.8 Å². The molecule has 3 heteroatoms. The van der Waals surface area contributed by atoms with Gasteiger partial charge in [-0.3, -0.25) is 0 Å². The van der Waals surface area contributed by atoms with Gasteiger partial charge in [-0.1, -0.05) is 28.1 Å². The summed E-state index contributed by atoms with van der Waals surface area (Å²) in [5, 5.41) is 0. The van der Waals surface area contributed by atoms with E-state index < -0.39 is 0 Å². The normalized spacial score (nSPS) is 12.3. The molecule has 2 rings (SSSR count). The molecule has 0 aliphatic carbocycles. The van der Waals surface area contributed by atoms with E-state index in [1.807, 2.05) is 37.3 Å². The Labute approximate surface area is 122 Å². The highest BCUT2D eigenvalue weighted by Crippen LogP contribution is 2.30. The molecule has 100 valence electrons. The van der Waals surface area contributed by atoms with Crippen LogP contribution in [0.1, 0.15) is 29.7 Å². The summed E-state index contributed by atoms with van der Waals surface area (Å²) in [6, 6.07) is 12.1. The van der Waals surface area contributed by atoms with Gasteiger partial charge < -0.3 is 10.5 Å². The van der Waals surface area contributed by atoms with E-state index in [0.717, 1.165) is 21.5 Å². The Morgan fingerprint density at radius 3 is 2.16 bits per heavy atom. The summed E-state index contributed by atoms with van der Waals surface area (Å²) < 4.78 is 6.86. The first-order valence-corrected chi connectivity index (χ1v) is 7.06. The smallest absolute Gasteiger partial charge is 0.128 e. The fourth-order valence-electron chi connectivity index (χ4n) is 2.07. The number of aryl methyl sites for hydroxylation is 2. The number of nitrogens with two attached hydrogens (primary N) is 1. The molecular weight excluding hydrogens is 302 g/mol. The van der Waals surface area contributed by atoms with Crippen molar-refractivity contribution in [2.24, 2.45) is 5.73 Å². The van der Waals surface area contributed by atoms with Crippen molar-refractivity contribution in [1.82, 2.24) is 0 Å². The highest BCUT2D eigenvalue weighted by atomic mass is 79.9. The van der Waals surface area contributed by atoms with Gasteiger partial charge in [0.2, 0.25) is 0 Å². The molecule has 0 saturated carbocycles. The van der Waals surface area contributed by atoms with Crippen LogP contribution in [0.5, 0.6) is 11.5 Å². The highest BCUT2D eigenvalue weighted by Gasteiger charge is 2.07. The summed E-state index contributed by atoms with van der Waals surface area (Å²) >= 11 is 3.53. The van der Waals surface area contributed by atoms with E-state index in [1.165, 1.54) is 11.1 Å². The molecule has 1 atom stereocenters. The molecule has 2 N–H and O–H groups in total. The minimum absolute atomic E-state index is 0.00430. The Hall–Kier alpha value is -1.32. The van der Waals surface area contributed by atoms with Gasteiger partial charge in [-0.2, -0.15) is 0 Å².